The molecule has 0 saturated carbocycles. The van der Waals surface area contributed by atoms with Crippen LogP contribution in [-0.2, 0) is 19.3 Å². The Bertz CT molecular complexity index is 672. The van der Waals surface area contributed by atoms with Gasteiger partial charge in [-0.1, -0.05) is 6.07 Å². The van der Waals surface area contributed by atoms with Gasteiger partial charge in [-0.15, -0.1) is 0 Å². The number of hydrogen-bond donors (Lipinski definition) is 2. The van der Waals surface area contributed by atoms with E-state index >= 15 is 0 Å². The number of alkyl halides is 3. The number of carbonyl (C=O) groups excluding carboxylic acids is 1. The summed E-state index contributed by atoms with van der Waals surface area (Å²) in [6, 6.07) is 3.07. The molecule has 24 heavy (non-hydrogen) atoms. The molecule has 0 unspecified atom stereocenters. The minimum atomic E-state index is -4.52. The van der Waals surface area contributed by atoms with Crippen molar-refractivity contribution in [1.82, 2.24) is 20.2 Å². The highest BCUT2D eigenvalue weighted by Crippen LogP contribution is 2.34. The van der Waals surface area contributed by atoms with Crippen molar-refractivity contribution >= 4 is 6.03 Å². The van der Waals surface area contributed by atoms with Gasteiger partial charge in [-0.25, -0.2) is 9.78 Å². The number of nitrogens with one attached hydrogen (secondary N) is 2. The maximum absolute atomic E-state index is 13.1. The van der Waals surface area contributed by atoms with Crippen molar-refractivity contribution in [2.24, 2.45) is 0 Å². The van der Waals surface area contributed by atoms with E-state index < -0.39 is 17.8 Å². The molecule has 2 amide bonds. The van der Waals surface area contributed by atoms with Gasteiger partial charge in [0.05, 0.1) is 19.0 Å². The first-order valence-corrected chi connectivity index (χ1v) is 7.11. The van der Waals surface area contributed by atoms with Gasteiger partial charge < -0.3 is 19.9 Å². The van der Waals surface area contributed by atoms with Gasteiger partial charge in [0.1, 0.15) is 5.75 Å². The second-order valence-corrected chi connectivity index (χ2v) is 4.93. The summed E-state index contributed by atoms with van der Waals surface area (Å²) in [5.41, 5.74) is -0.867. The minimum Gasteiger partial charge on any atom is -0.497 e. The first-order valence-electron chi connectivity index (χ1n) is 7.11. The number of amides is 2. The van der Waals surface area contributed by atoms with Crippen molar-refractivity contribution < 1.29 is 22.7 Å². The molecule has 0 aliphatic heterocycles. The van der Waals surface area contributed by atoms with E-state index in [1.165, 1.54) is 19.2 Å². The molecule has 1 aromatic carbocycles. The first-order chi connectivity index (χ1) is 11.4. The fraction of sp³-hybridized carbons (Fsp3) is 0.333. The molecule has 9 heteroatoms. The van der Waals surface area contributed by atoms with Crippen LogP contribution in [-0.4, -0.2) is 29.2 Å². The smallest absolute Gasteiger partial charge is 0.416 e. The van der Waals surface area contributed by atoms with E-state index in [1.54, 1.807) is 23.3 Å². The summed E-state index contributed by atoms with van der Waals surface area (Å²) in [7, 11) is 1.29. The molecular weight excluding hydrogens is 325 g/mol. The number of halogens is 3. The van der Waals surface area contributed by atoms with Crippen LogP contribution in [0.25, 0.3) is 0 Å². The Kier molecular flexibility index (Phi) is 5.67. The lowest BCUT2D eigenvalue weighted by Crippen LogP contribution is -2.37. The summed E-state index contributed by atoms with van der Waals surface area (Å²) >= 11 is 0. The van der Waals surface area contributed by atoms with E-state index in [9.17, 15) is 18.0 Å². The third-order valence-corrected chi connectivity index (χ3v) is 3.28. The number of methoxy groups -OCH3 is 1. The van der Waals surface area contributed by atoms with Crippen LogP contribution in [0.3, 0.4) is 0 Å². The summed E-state index contributed by atoms with van der Waals surface area (Å²) in [6.07, 6.45) is 0.435. The zero-order valence-electron chi connectivity index (χ0n) is 12.9. The molecule has 0 atom stereocenters. The van der Waals surface area contributed by atoms with E-state index in [0.717, 1.165) is 6.07 Å². The van der Waals surface area contributed by atoms with Gasteiger partial charge in [-0.3, -0.25) is 0 Å². The standard InChI is InChI=1S/C15H17F3N4O2/c1-24-12-3-2-11(13(8-12)15(16,17)18)9-21-14(23)20-5-7-22-6-4-19-10-22/h2-4,6,8,10H,5,7,9H2,1H3,(H2,20,21,23). The van der Waals surface area contributed by atoms with E-state index in [-0.39, 0.29) is 17.9 Å². The Morgan fingerprint density at radius 3 is 2.75 bits per heavy atom. The molecule has 6 nitrogen and oxygen atoms in total. The lowest BCUT2D eigenvalue weighted by Gasteiger charge is -2.15. The molecule has 1 aromatic heterocycles. The van der Waals surface area contributed by atoms with Crippen molar-refractivity contribution in [3.8, 4) is 5.75 Å². The zero-order chi connectivity index (χ0) is 17.6. The molecule has 0 bridgehead atoms. The van der Waals surface area contributed by atoms with Crippen LogP contribution in [0.4, 0.5) is 18.0 Å². The summed E-state index contributed by atoms with van der Waals surface area (Å²) < 4.78 is 45.8. The predicted molar refractivity (Wildman–Crippen MR) is 80.5 cm³/mol. The molecule has 0 fully saturated rings. The van der Waals surface area contributed by atoms with E-state index in [0.29, 0.717) is 13.1 Å². The van der Waals surface area contributed by atoms with Gasteiger partial charge in [0.15, 0.2) is 0 Å². The van der Waals surface area contributed by atoms with Gasteiger partial charge >= 0.3 is 12.2 Å². The fourth-order valence-electron chi connectivity index (χ4n) is 2.06. The SMILES string of the molecule is COc1ccc(CNC(=O)NCCn2ccnc2)c(C(F)(F)F)c1. The van der Waals surface area contributed by atoms with Crippen LogP contribution in [0.2, 0.25) is 0 Å². The quantitative estimate of drug-likeness (QED) is 0.847. The molecule has 0 aliphatic carbocycles. The number of hydrogen-bond acceptors (Lipinski definition) is 3. The molecular formula is C15H17F3N4O2. The maximum Gasteiger partial charge on any atom is 0.416 e. The van der Waals surface area contributed by atoms with Gasteiger partial charge in [0.25, 0.3) is 0 Å². The number of rotatable bonds is 6. The molecule has 130 valence electrons. The molecule has 0 aliphatic rings. The highest BCUT2D eigenvalue weighted by Gasteiger charge is 2.33. The van der Waals surface area contributed by atoms with Crippen molar-refractivity contribution in [3.63, 3.8) is 0 Å². The van der Waals surface area contributed by atoms with Crippen molar-refractivity contribution in [3.05, 3.63) is 48.0 Å². The highest BCUT2D eigenvalue weighted by molar-refractivity contribution is 5.73. The van der Waals surface area contributed by atoms with E-state index in [4.69, 9.17) is 4.74 Å². The zero-order valence-corrected chi connectivity index (χ0v) is 12.9. The van der Waals surface area contributed by atoms with Crippen molar-refractivity contribution in [1.29, 1.82) is 0 Å². The monoisotopic (exact) mass is 342 g/mol. The summed E-state index contributed by atoms with van der Waals surface area (Å²) in [4.78, 5) is 15.5. The van der Waals surface area contributed by atoms with Gasteiger partial charge in [-0.2, -0.15) is 13.2 Å². The van der Waals surface area contributed by atoms with E-state index in [1.807, 2.05) is 0 Å². The Morgan fingerprint density at radius 1 is 1.33 bits per heavy atom. The second-order valence-electron chi connectivity index (χ2n) is 4.93. The predicted octanol–water partition coefficient (Wildman–Crippen LogP) is 2.41. The topological polar surface area (TPSA) is 68.2 Å². The maximum atomic E-state index is 13.1. The molecule has 0 saturated heterocycles. The summed E-state index contributed by atoms with van der Waals surface area (Å²) in [5, 5.41) is 4.98. The average Bonchev–Trinajstić information content (AvgIpc) is 3.05. The Hall–Kier alpha value is -2.71. The van der Waals surface area contributed by atoms with Crippen molar-refractivity contribution in [2.45, 2.75) is 19.3 Å². The van der Waals surface area contributed by atoms with Gasteiger partial charge in [-0.05, 0) is 17.7 Å². The highest BCUT2D eigenvalue weighted by atomic mass is 19.4. The van der Waals surface area contributed by atoms with Crippen LogP contribution in [0.1, 0.15) is 11.1 Å². The summed E-state index contributed by atoms with van der Waals surface area (Å²) in [5.74, 6) is 0.107. The van der Waals surface area contributed by atoms with Crippen LogP contribution in [0.5, 0.6) is 5.75 Å². The number of carbonyl (C=O) groups is 1. The number of ether oxygens (including phenoxy) is 1. The normalized spacial score (nSPS) is 11.2. The lowest BCUT2D eigenvalue weighted by atomic mass is 10.1. The molecule has 1 heterocycles. The largest absolute Gasteiger partial charge is 0.497 e. The molecule has 2 aromatic rings. The molecule has 2 N–H and O–H groups in total. The number of nitrogens with zero attached hydrogens (tertiary/aromatic N) is 2. The Balaban J connectivity index is 1.89. The van der Waals surface area contributed by atoms with Crippen LogP contribution in [0, 0.1) is 0 Å². The molecule has 2 rings (SSSR count). The number of imidazole rings is 1. The third kappa shape index (κ3) is 4.90. The van der Waals surface area contributed by atoms with Gasteiger partial charge in [0.2, 0.25) is 0 Å². The number of urea groups is 1. The first kappa shape index (κ1) is 17.6. The second kappa shape index (κ2) is 7.71. The number of aromatic nitrogens is 2. The minimum absolute atomic E-state index is 0.0342. The summed E-state index contributed by atoms with van der Waals surface area (Å²) in [6.45, 7) is 0.608. The van der Waals surface area contributed by atoms with E-state index in [2.05, 4.69) is 15.6 Å². The average molecular weight is 342 g/mol. The Labute approximate surface area is 136 Å². The third-order valence-electron chi connectivity index (χ3n) is 3.28. The van der Waals surface area contributed by atoms with Gasteiger partial charge in [0, 0.05) is 32.0 Å². The lowest BCUT2D eigenvalue weighted by molar-refractivity contribution is -0.138. The van der Waals surface area contributed by atoms with Crippen LogP contribution < -0.4 is 15.4 Å². The molecule has 0 spiro atoms. The molecule has 0 radical (unpaired) electrons. The number of benzene rings is 1. The van der Waals surface area contributed by atoms with Crippen molar-refractivity contribution in [2.75, 3.05) is 13.7 Å². The van der Waals surface area contributed by atoms with Crippen LogP contribution in [0.15, 0.2) is 36.9 Å². The fourth-order valence-corrected chi connectivity index (χ4v) is 2.06. The Morgan fingerprint density at radius 2 is 2.12 bits per heavy atom. The van der Waals surface area contributed by atoms with Crippen LogP contribution >= 0.6 is 0 Å².